The van der Waals surface area contributed by atoms with Crippen LogP contribution in [0.5, 0.6) is 0 Å². The zero-order valence-corrected chi connectivity index (χ0v) is 39.1. The summed E-state index contributed by atoms with van der Waals surface area (Å²) in [6.45, 7) is 0. The molecule has 0 aliphatic heterocycles. The van der Waals surface area contributed by atoms with Crippen LogP contribution < -0.4 is 0 Å². The molecule has 5 heteroatoms. The van der Waals surface area contributed by atoms with Crippen LogP contribution in [0.15, 0.2) is 235 Å². The van der Waals surface area contributed by atoms with E-state index in [9.17, 15) is 0 Å². The molecule has 2 aliphatic carbocycles. The van der Waals surface area contributed by atoms with E-state index in [2.05, 4.69) is 217 Å². The lowest BCUT2D eigenvalue weighted by Crippen LogP contribution is -2.01. The Morgan fingerprint density at radius 1 is 0.274 bits per heavy atom. The van der Waals surface area contributed by atoms with Crippen molar-refractivity contribution in [2.45, 2.75) is 0 Å². The average molecular weight is 927 g/mol. The summed E-state index contributed by atoms with van der Waals surface area (Å²) in [6, 6.07) is 78.5. The standard InChI is InChI=1S/C68H38N4O/c1-2-13-48-40(11-1)28-33-61-64(48)59-22-9-23-60(65(59)73-61)68-71-66(41-26-24-39(25-27-41)42-12-10-34-69-38-42)70-67(72-68)45-36-43(46-29-31-57-51-16-5-3-14-49(51)55-20-7-18-53(46)62(55)57)35-44(37-45)47-30-32-58-52-17-6-4-15-50(52)56-21-8-19-54(47)63(56)58/h1-38H. The van der Waals surface area contributed by atoms with E-state index in [4.69, 9.17) is 19.4 Å². The fourth-order valence-corrected chi connectivity index (χ4v) is 12.0. The SMILES string of the molecule is c1cncc(-c2ccc(-c3nc(-c4cc(-c5ccc6c7c(cccc57)-c5ccccc5-6)cc(-c5ccc6c7c(cccc57)-c5ccccc5-6)c4)nc(-c4cccc5c4oc4ccc6ccccc6c45)n3)cc2)c1. The van der Waals surface area contributed by atoms with Gasteiger partial charge in [-0.3, -0.25) is 4.98 Å². The number of rotatable bonds is 6. The third kappa shape index (κ3) is 5.97. The lowest BCUT2D eigenvalue weighted by atomic mass is 9.89. The van der Waals surface area contributed by atoms with Crippen molar-refractivity contribution in [3.8, 4) is 112 Å². The molecule has 0 saturated carbocycles. The topological polar surface area (TPSA) is 64.7 Å². The first-order valence-electron chi connectivity index (χ1n) is 24.8. The highest BCUT2D eigenvalue weighted by Crippen LogP contribution is 2.52. The van der Waals surface area contributed by atoms with Crippen LogP contribution in [0.1, 0.15) is 0 Å². The van der Waals surface area contributed by atoms with Crippen molar-refractivity contribution in [1.29, 1.82) is 0 Å². The Hall–Kier alpha value is -9.84. The van der Waals surface area contributed by atoms with E-state index in [0.29, 0.717) is 17.5 Å². The van der Waals surface area contributed by atoms with Crippen LogP contribution in [-0.4, -0.2) is 19.9 Å². The zero-order chi connectivity index (χ0) is 47.7. The van der Waals surface area contributed by atoms with Crippen molar-refractivity contribution >= 4 is 54.3 Å². The summed E-state index contributed by atoms with van der Waals surface area (Å²) < 4.78 is 6.83. The Kier molecular flexibility index (Phi) is 8.39. The molecule has 3 aromatic heterocycles. The predicted octanol–water partition coefficient (Wildman–Crippen LogP) is 17.9. The maximum Gasteiger partial charge on any atom is 0.167 e. The van der Waals surface area contributed by atoms with Crippen molar-refractivity contribution in [3.05, 3.63) is 231 Å². The summed E-state index contributed by atoms with van der Waals surface area (Å²) in [5.74, 6) is 1.66. The normalized spacial score (nSPS) is 12.1. The van der Waals surface area contributed by atoms with Crippen LogP contribution in [0.25, 0.3) is 166 Å². The molecule has 0 fully saturated rings. The van der Waals surface area contributed by atoms with E-state index in [1.807, 2.05) is 12.3 Å². The van der Waals surface area contributed by atoms with Gasteiger partial charge in [0.25, 0.3) is 0 Å². The molecule has 16 rings (SSSR count). The second-order valence-corrected chi connectivity index (χ2v) is 19.2. The van der Waals surface area contributed by atoms with Gasteiger partial charge in [0.2, 0.25) is 0 Å². The quantitative estimate of drug-likeness (QED) is 0.166. The highest BCUT2D eigenvalue weighted by atomic mass is 16.3. The molecule has 5 nitrogen and oxygen atoms in total. The monoisotopic (exact) mass is 926 g/mol. The predicted molar refractivity (Wildman–Crippen MR) is 299 cm³/mol. The Morgan fingerprint density at radius 3 is 1.40 bits per heavy atom. The number of nitrogens with zero attached hydrogens (tertiary/aromatic N) is 4. The highest BCUT2D eigenvalue weighted by molar-refractivity contribution is 6.22. The summed E-state index contributed by atoms with van der Waals surface area (Å²) in [5.41, 5.74) is 20.8. The van der Waals surface area contributed by atoms with E-state index in [0.717, 1.165) is 82.8 Å². The van der Waals surface area contributed by atoms with Gasteiger partial charge in [-0.05, 0) is 147 Å². The first kappa shape index (κ1) is 39.9. The maximum atomic E-state index is 6.83. The zero-order valence-electron chi connectivity index (χ0n) is 39.1. The van der Waals surface area contributed by atoms with Gasteiger partial charge in [-0.1, -0.05) is 182 Å². The fourth-order valence-electron chi connectivity index (χ4n) is 12.0. The molecule has 73 heavy (non-hydrogen) atoms. The first-order chi connectivity index (χ1) is 36.2. The minimum Gasteiger partial charge on any atom is -0.455 e. The Balaban J connectivity index is 0.954. The van der Waals surface area contributed by atoms with Gasteiger partial charge < -0.3 is 4.42 Å². The molecule has 0 bridgehead atoms. The number of benzene rings is 11. The highest BCUT2D eigenvalue weighted by Gasteiger charge is 2.26. The lowest BCUT2D eigenvalue weighted by molar-refractivity contribution is 0.670. The van der Waals surface area contributed by atoms with Gasteiger partial charge in [0.15, 0.2) is 17.5 Å². The lowest BCUT2D eigenvalue weighted by Gasteiger charge is -2.16. The minimum absolute atomic E-state index is 0.531. The Bertz CT molecular complexity index is 4460. The molecule has 0 radical (unpaired) electrons. The van der Waals surface area contributed by atoms with Gasteiger partial charge in [-0.2, -0.15) is 0 Å². The molecule has 3 heterocycles. The van der Waals surface area contributed by atoms with Crippen molar-refractivity contribution in [2.75, 3.05) is 0 Å². The fraction of sp³-hybridized carbons (Fsp3) is 0. The molecular formula is C68H38N4O. The van der Waals surface area contributed by atoms with Gasteiger partial charge in [-0.15, -0.1) is 0 Å². The molecule has 0 saturated heterocycles. The molecule has 336 valence electrons. The van der Waals surface area contributed by atoms with E-state index in [1.165, 1.54) is 66.1 Å². The van der Waals surface area contributed by atoms with E-state index in [-0.39, 0.29) is 0 Å². The largest absolute Gasteiger partial charge is 0.455 e. The second-order valence-electron chi connectivity index (χ2n) is 19.2. The summed E-state index contributed by atoms with van der Waals surface area (Å²) in [6.07, 6.45) is 3.68. The molecule has 0 atom stereocenters. The average Bonchev–Trinajstić information content (AvgIpc) is 4.13. The number of pyridine rings is 1. The number of aromatic nitrogens is 4. The molecule has 0 unspecified atom stereocenters. The smallest absolute Gasteiger partial charge is 0.167 e. The maximum absolute atomic E-state index is 6.83. The molecular weight excluding hydrogens is 889 g/mol. The van der Waals surface area contributed by atoms with Gasteiger partial charge in [0.1, 0.15) is 11.2 Å². The van der Waals surface area contributed by atoms with Crippen molar-refractivity contribution in [2.24, 2.45) is 0 Å². The summed E-state index contributed by atoms with van der Waals surface area (Å²) >= 11 is 0. The van der Waals surface area contributed by atoms with E-state index in [1.54, 1.807) is 6.20 Å². The Morgan fingerprint density at radius 2 is 0.767 bits per heavy atom. The molecule has 0 amide bonds. The Labute approximate surface area is 419 Å². The number of furan rings is 1. The summed E-state index contributed by atoms with van der Waals surface area (Å²) in [4.78, 5) is 20.6. The molecule has 0 spiro atoms. The third-order valence-corrected chi connectivity index (χ3v) is 15.3. The summed E-state index contributed by atoms with van der Waals surface area (Å²) in [7, 11) is 0. The van der Waals surface area contributed by atoms with Crippen LogP contribution in [0.2, 0.25) is 0 Å². The van der Waals surface area contributed by atoms with Crippen molar-refractivity contribution in [3.63, 3.8) is 0 Å². The van der Waals surface area contributed by atoms with Crippen molar-refractivity contribution < 1.29 is 4.42 Å². The van der Waals surface area contributed by atoms with Gasteiger partial charge in [0, 0.05) is 34.3 Å². The minimum atomic E-state index is 0.531. The van der Waals surface area contributed by atoms with Crippen LogP contribution >= 0.6 is 0 Å². The number of fused-ring (bicyclic) bond motifs is 11. The third-order valence-electron chi connectivity index (χ3n) is 15.3. The van der Waals surface area contributed by atoms with Gasteiger partial charge >= 0.3 is 0 Å². The van der Waals surface area contributed by atoms with Crippen LogP contribution in [0.3, 0.4) is 0 Å². The van der Waals surface area contributed by atoms with Crippen LogP contribution in [-0.2, 0) is 0 Å². The van der Waals surface area contributed by atoms with Gasteiger partial charge in [-0.25, -0.2) is 15.0 Å². The molecule has 14 aromatic rings. The van der Waals surface area contributed by atoms with E-state index >= 15 is 0 Å². The summed E-state index contributed by atoms with van der Waals surface area (Å²) in [5, 5.41) is 9.37. The number of para-hydroxylation sites is 1. The van der Waals surface area contributed by atoms with Gasteiger partial charge in [0.05, 0.1) is 5.56 Å². The molecule has 0 N–H and O–H groups in total. The van der Waals surface area contributed by atoms with Crippen LogP contribution in [0.4, 0.5) is 0 Å². The molecule has 11 aromatic carbocycles. The molecule has 2 aliphatic rings. The van der Waals surface area contributed by atoms with E-state index < -0.39 is 0 Å². The number of hydrogen-bond donors (Lipinski definition) is 0. The number of hydrogen-bond acceptors (Lipinski definition) is 5. The van der Waals surface area contributed by atoms with Crippen molar-refractivity contribution in [1.82, 2.24) is 19.9 Å². The second kappa shape index (κ2) is 15.3. The van der Waals surface area contributed by atoms with Crippen LogP contribution in [0, 0.1) is 0 Å². The first-order valence-corrected chi connectivity index (χ1v) is 24.8.